The summed E-state index contributed by atoms with van der Waals surface area (Å²) < 4.78 is 26.6. The van der Waals surface area contributed by atoms with Gasteiger partial charge in [-0.15, -0.1) is 0 Å². The number of aryl methyl sites for hydroxylation is 2. The van der Waals surface area contributed by atoms with Crippen molar-refractivity contribution in [2.75, 3.05) is 0 Å². The molecule has 1 atom stereocenters. The molecular weight excluding hydrogens is 458 g/mol. The van der Waals surface area contributed by atoms with E-state index in [0.29, 0.717) is 6.42 Å². The molecule has 0 amide bonds. The zero-order valence-electron chi connectivity index (χ0n) is 22.2. The Balaban J connectivity index is 1.31. The highest BCUT2D eigenvalue weighted by Crippen LogP contribution is 2.26. The van der Waals surface area contributed by atoms with Gasteiger partial charge in [-0.3, -0.25) is 0 Å². The summed E-state index contributed by atoms with van der Waals surface area (Å²) in [6.07, 6.45) is 9.31. The van der Waals surface area contributed by atoms with E-state index >= 15 is 0 Å². The highest BCUT2D eigenvalue weighted by atomic mass is 19.2. The van der Waals surface area contributed by atoms with Gasteiger partial charge < -0.3 is 0 Å². The molecule has 4 aromatic carbocycles. The van der Waals surface area contributed by atoms with E-state index in [-0.39, 0.29) is 0 Å². The molecule has 0 saturated heterocycles. The summed E-state index contributed by atoms with van der Waals surface area (Å²) >= 11 is 0. The maximum absolute atomic E-state index is 13.4. The highest BCUT2D eigenvalue weighted by Gasteiger charge is 2.06. The van der Waals surface area contributed by atoms with Crippen molar-refractivity contribution in [3.63, 3.8) is 0 Å². The summed E-state index contributed by atoms with van der Waals surface area (Å²) in [5, 5.41) is 0. The van der Waals surface area contributed by atoms with Crippen LogP contribution in [-0.2, 0) is 19.3 Å². The molecule has 2 heteroatoms. The molecule has 0 aliphatic carbocycles. The van der Waals surface area contributed by atoms with Crippen LogP contribution in [0.3, 0.4) is 0 Å². The Labute approximate surface area is 221 Å². The molecule has 0 bridgehead atoms. The van der Waals surface area contributed by atoms with Crippen LogP contribution in [0, 0.1) is 17.6 Å². The molecule has 0 aliphatic heterocycles. The van der Waals surface area contributed by atoms with Crippen molar-refractivity contribution in [2.24, 2.45) is 5.92 Å². The number of unbranched alkanes of at least 4 members (excludes halogenated alkanes) is 3. The fourth-order valence-electron chi connectivity index (χ4n) is 4.96. The van der Waals surface area contributed by atoms with Gasteiger partial charge >= 0.3 is 0 Å². The van der Waals surface area contributed by atoms with Gasteiger partial charge in [0.1, 0.15) is 0 Å². The summed E-state index contributed by atoms with van der Waals surface area (Å²) in [5.74, 6) is -0.844. The third-order valence-electron chi connectivity index (χ3n) is 7.28. The Hall–Kier alpha value is -3.26. The minimum absolute atomic E-state index is 0.682. The molecule has 0 aliphatic rings. The van der Waals surface area contributed by atoms with Crippen molar-refractivity contribution >= 4 is 0 Å². The third kappa shape index (κ3) is 7.86. The lowest BCUT2D eigenvalue weighted by Crippen LogP contribution is -1.99. The van der Waals surface area contributed by atoms with Gasteiger partial charge in [-0.25, -0.2) is 8.78 Å². The predicted molar refractivity (Wildman–Crippen MR) is 153 cm³/mol. The van der Waals surface area contributed by atoms with E-state index in [4.69, 9.17) is 0 Å². The number of rotatable bonds is 12. The molecule has 0 nitrogen and oxygen atoms in total. The maximum Gasteiger partial charge on any atom is 0.159 e. The standard InChI is InChI=1S/C35H38F2/c1-3-4-5-6-7-26(2)24-28-12-17-31(18-13-28)33-21-19-32(20-22-33)30-15-10-27(11-16-30)8-9-29-14-23-34(36)35(37)25-29/h10-23,25-26H,3-9,24H2,1-2H3. The Morgan fingerprint density at radius 3 is 1.57 bits per heavy atom. The minimum Gasteiger partial charge on any atom is -0.204 e. The average Bonchev–Trinajstić information content (AvgIpc) is 2.93. The maximum atomic E-state index is 13.4. The Bertz CT molecular complexity index is 1240. The van der Waals surface area contributed by atoms with Crippen molar-refractivity contribution in [3.8, 4) is 22.3 Å². The molecule has 0 radical (unpaired) electrons. The Morgan fingerprint density at radius 1 is 0.541 bits per heavy atom. The fraction of sp³-hybridized carbons (Fsp3) is 0.314. The fourth-order valence-corrected chi connectivity index (χ4v) is 4.96. The van der Waals surface area contributed by atoms with Gasteiger partial charge in [0.2, 0.25) is 0 Å². The molecule has 4 aromatic rings. The predicted octanol–water partition coefficient (Wildman–Crippen LogP) is 10.2. The van der Waals surface area contributed by atoms with Crippen LogP contribution >= 0.6 is 0 Å². The summed E-state index contributed by atoms with van der Waals surface area (Å²) in [5.41, 5.74) is 8.25. The van der Waals surface area contributed by atoms with Crippen molar-refractivity contribution < 1.29 is 8.78 Å². The van der Waals surface area contributed by atoms with Crippen LogP contribution in [0.1, 0.15) is 62.6 Å². The first-order valence-corrected chi connectivity index (χ1v) is 13.7. The molecule has 0 fully saturated rings. The molecule has 37 heavy (non-hydrogen) atoms. The van der Waals surface area contributed by atoms with Gasteiger partial charge in [-0.1, -0.05) is 125 Å². The van der Waals surface area contributed by atoms with E-state index in [2.05, 4.69) is 86.6 Å². The van der Waals surface area contributed by atoms with Crippen molar-refractivity contribution in [1.29, 1.82) is 0 Å². The van der Waals surface area contributed by atoms with Crippen LogP contribution in [0.4, 0.5) is 8.78 Å². The lowest BCUT2D eigenvalue weighted by atomic mass is 9.93. The van der Waals surface area contributed by atoms with Crippen LogP contribution < -0.4 is 0 Å². The van der Waals surface area contributed by atoms with Crippen LogP contribution in [0.15, 0.2) is 91.0 Å². The van der Waals surface area contributed by atoms with Crippen molar-refractivity contribution in [3.05, 3.63) is 119 Å². The smallest absolute Gasteiger partial charge is 0.159 e. The van der Waals surface area contributed by atoms with Gasteiger partial charge in [0, 0.05) is 0 Å². The molecule has 0 aromatic heterocycles. The van der Waals surface area contributed by atoms with E-state index in [9.17, 15) is 8.78 Å². The van der Waals surface area contributed by atoms with E-state index < -0.39 is 11.6 Å². The molecule has 4 rings (SSSR count). The zero-order valence-corrected chi connectivity index (χ0v) is 22.2. The van der Waals surface area contributed by atoms with Crippen molar-refractivity contribution in [1.82, 2.24) is 0 Å². The largest absolute Gasteiger partial charge is 0.204 e. The Kier molecular flexibility index (Phi) is 9.65. The summed E-state index contributed by atoms with van der Waals surface area (Å²) in [6.45, 7) is 4.64. The zero-order chi connectivity index (χ0) is 26.0. The highest BCUT2D eigenvalue weighted by molar-refractivity contribution is 5.70. The normalized spacial score (nSPS) is 12.0. The van der Waals surface area contributed by atoms with Crippen LogP contribution in [-0.4, -0.2) is 0 Å². The first kappa shape index (κ1) is 26.8. The number of hydrogen-bond donors (Lipinski definition) is 0. The van der Waals surface area contributed by atoms with E-state index in [1.54, 1.807) is 6.07 Å². The summed E-state index contributed by atoms with van der Waals surface area (Å²) in [4.78, 5) is 0. The Morgan fingerprint density at radius 2 is 1.03 bits per heavy atom. The number of benzene rings is 4. The van der Waals surface area contributed by atoms with Gasteiger partial charge in [-0.2, -0.15) is 0 Å². The third-order valence-corrected chi connectivity index (χ3v) is 7.28. The quantitative estimate of drug-likeness (QED) is 0.171. The van der Waals surface area contributed by atoms with Crippen LogP contribution in [0.5, 0.6) is 0 Å². The van der Waals surface area contributed by atoms with E-state index in [1.165, 1.54) is 77.6 Å². The van der Waals surface area contributed by atoms with Gasteiger partial charge in [-0.05, 0) is 76.3 Å². The molecule has 0 heterocycles. The van der Waals surface area contributed by atoms with E-state index in [0.717, 1.165) is 24.3 Å². The van der Waals surface area contributed by atoms with Gasteiger partial charge in [0.25, 0.3) is 0 Å². The molecule has 1 unspecified atom stereocenters. The minimum atomic E-state index is -0.797. The second-order valence-electron chi connectivity index (χ2n) is 10.4. The summed E-state index contributed by atoms with van der Waals surface area (Å²) in [7, 11) is 0. The average molecular weight is 497 g/mol. The first-order valence-electron chi connectivity index (χ1n) is 13.7. The SMILES string of the molecule is CCCCCCC(C)Cc1ccc(-c2ccc(-c3ccc(CCc4ccc(F)c(F)c4)cc3)cc2)cc1. The monoisotopic (exact) mass is 496 g/mol. The second kappa shape index (κ2) is 13.3. The lowest BCUT2D eigenvalue weighted by molar-refractivity contribution is 0.487. The summed E-state index contributed by atoms with van der Waals surface area (Å²) in [6, 6.07) is 30.4. The molecule has 0 spiro atoms. The second-order valence-corrected chi connectivity index (χ2v) is 10.4. The number of hydrogen-bond acceptors (Lipinski definition) is 0. The molecule has 0 saturated carbocycles. The molecular formula is C35H38F2. The van der Waals surface area contributed by atoms with Gasteiger partial charge in [0.15, 0.2) is 11.6 Å². The van der Waals surface area contributed by atoms with Crippen molar-refractivity contribution in [2.45, 2.75) is 65.2 Å². The molecule has 192 valence electrons. The number of halogens is 2. The van der Waals surface area contributed by atoms with Crippen LogP contribution in [0.2, 0.25) is 0 Å². The van der Waals surface area contributed by atoms with E-state index in [1.807, 2.05) is 0 Å². The lowest BCUT2D eigenvalue weighted by Gasteiger charge is -2.12. The van der Waals surface area contributed by atoms with Crippen LogP contribution in [0.25, 0.3) is 22.3 Å². The molecule has 0 N–H and O–H groups in total. The van der Waals surface area contributed by atoms with Gasteiger partial charge in [0.05, 0.1) is 0 Å². The topological polar surface area (TPSA) is 0 Å². The first-order chi connectivity index (χ1) is 18.0.